The van der Waals surface area contributed by atoms with Crippen molar-refractivity contribution in [3.8, 4) is 0 Å². The van der Waals surface area contributed by atoms with E-state index < -0.39 is 0 Å². The molecule has 0 saturated carbocycles. The fraction of sp³-hybridized carbons (Fsp3) is 0. The van der Waals surface area contributed by atoms with Gasteiger partial charge in [0.25, 0.3) is 0 Å². The van der Waals surface area contributed by atoms with Crippen molar-refractivity contribution in [3.05, 3.63) is 157 Å². The smallest absolute Gasteiger partial charge is 1.00 e. The van der Waals surface area contributed by atoms with Crippen LogP contribution < -0.4 is 24.8 Å². The van der Waals surface area contributed by atoms with Crippen molar-refractivity contribution in [2.75, 3.05) is 0 Å². The maximum Gasteiger partial charge on any atom is 4.00 e. The Labute approximate surface area is 239 Å². The molecule has 0 aromatic heterocycles. The largest absolute Gasteiger partial charge is 4.00 e. The first-order valence-corrected chi connectivity index (χ1v) is 10.7. The van der Waals surface area contributed by atoms with Crippen LogP contribution in [0.3, 0.4) is 0 Å². The van der Waals surface area contributed by atoms with Crippen LogP contribution in [0.5, 0.6) is 0 Å². The number of halogens is 2. The SMILES string of the molecule is C=C1[C-]=C(c2cccc3ccccc23)C=C1.C=C1[C-]=C(c2cccc3ccccc23)C=C1.[Cl-].[Cl-].[Zr+4]. The van der Waals surface area contributed by atoms with Gasteiger partial charge in [-0.15, -0.1) is 34.4 Å². The van der Waals surface area contributed by atoms with Gasteiger partial charge in [-0.1, -0.05) is 96.1 Å². The van der Waals surface area contributed by atoms with E-state index >= 15 is 0 Å². The van der Waals surface area contributed by atoms with Gasteiger partial charge in [0, 0.05) is 0 Å². The zero-order chi connectivity index (χ0) is 21.9. The topological polar surface area (TPSA) is 0 Å². The second kappa shape index (κ2) is 12.8. The Kier molecular flexibility index (Phi) is 10.5. The molecule has 4 aromatic carbocycles. The monoisotopic (exact) mass is 566 g/mol. The van der Waals surface area contributed by atoms with Gasteiger partial charge in [-0.2, -0.15) is 37.5 Å². The fourth-order valence-corrected chi connectivity index (χ4v) is 4.12. The van der Waals surface area contributed by atoms with Crippen LogP contribution in [-0.2, 0) is 26.2 Å². The van der Waals surface area contributed by atoms with Crippen molar-refractivity contribution in [2.24, 2.45) is 0 Å². The maximum absolute atomic E-state index is 3.89. The van der Waals surface area contributed by atoms with Crippen LogP contribution in [0.1, 0.15) is 11.1 Å². The third kappa shape index (κ3) is 6.30. The third-order valence-corrected chi connectivity index (χ3v) is 5.65. The molecule has 0 bridgehead atoms. The molecule has 0 N–H and O–H groups in total. The van der Waals surface area contributed by atoms with Crippen molar-refractivity contribution in [3.63, 3.8) is 0 Å². The Morgan fingerprint density at radius 1 is 0.457 bits per heavy atom. The molecule has 0 heterocycles. The van der Waals surface area contributed by atoms with Gasteiger partial charge in [0.2, 0.25) is 0 Å². The quantitative estimate of drug-likeness (QED) is 0.326. The summed E-state index contributed by atoms with van der Waals surface area (Å²) in [4.78, 5) is 0. The van der Waals surface area contributed by atoms with Gasteiger partial charge >= 0.3 is 26.2 Å². The number of rotatable bonds is 2. The standard InChI is InChI=1S/2C16H11.2ClH.Zr/c2*1-12-9-10-14(11-12)16-8-4-6-13-5-2-3-7-15(13)16;;;/h2*2-10H,1H2;2*1H;/q2*-1;;;+4/p-2. The van der Waals surface area contributed by atoms with E-state index in [0.29, 0.717) is 0 Å². The molecule has 0 amide bonds. The summed E-state index contributed by atoms with van der Waals surface area (Å²) in [5.74, 6) is 0. The normalized spacial score (nSPS) is 13.3. The van der Waals surface area contributed by atoms with Crippen LogP contribution in [0, 0.1) is 12.2 Å². The van der Waals surface area contributed by atoms with E-state index in [2.05, 4.69) is 122 Å². The molecule has 4 aromatic rings. The molecule has 0 unspecified atom stereocenters. The average molecular weight is 569 g/mol. The fourth-order valence-electron chi connectivity index (χ4n) is 4.12. The molecule has 2 aliphatic rings. The Morgan fingerprint density at radius 3 is 1.20 bits per heavy atom. The van der Waals surface area contributed by atoms with Crippen molar-refractivity contribution in [2.45, 2.75) is 0 Å². The Balaban J connectivity index is 0.000000227. The van der Waals surface area contributed by atoms with E-state index in [-0.39, 0.29) is 51.0 Å². The molecule has 0 saturated heterocycles. The van der Waals surface area contributed by atoms with E-state index in [1.165, 1.54) is 32.7 Å². The molecule has 2 aliphatic carbocycles. The number of hydrogen-bond donors (Lipinski definition) is 0. The molecular weight excluding hydrogens is 546 g/mol. The summed E-state index contributed by atoms with van der Waals surface area (Å²) < 4.78 is 0. The van der Waals surface area contributed by atoms with E-state index in [0.717, 1.165) is 22.3 Å². The molecule has 6 rings (SSSR count). The zero-order valence-corrected chi connectivity index (χ0v) is 23.0. The Hall–Kier alpha value is -2.70. The Bertz CT molecular complexity index is 1380. The number of fused-ring (bicyclic) bond motifs is 2. The van der Waals surface area contributed by atoms with Crippen molar-refractivity contribution < 1.29 is 51.0 Å². The number of allylic oxidation sites excluding steroid dienone is 10. The second-order valence-electron chi connectivity index (χ2n) is 7.85. The Morgan fingerprint density at radius 2 is 0.829 bits per heavy atom. The summed E-state index contributed by atoms with van der Waals surface area (Å²) in [5, 5.41) is 5.07. The average Bonchev–Trinajstić information content (AvgIpc) is 3.47. The molecule has 168 valence electrons. The molecular formula is C32H22Cl2Zr. The summed E-state index contributed by atoms with van der Waals surface area (Å²) in [5.41, 5.74) is 6.61. The summed E-state index contributed by atoms with van der Waals surface area (Å²) in [6.45, 7) is 7.78. The summed E-state index contributed by atoms with van der Waals surface area (Å²) in [6.07, 6.45) is 14.7. The van der Waals surface area contributed by atoms with Gasteiger partial charge in [0.05, 0.1) is 0 Å². The maximum atomic E-state index is 3.89. The van der Waals surface area contributed by atoms with E-state index in [1.807, 2.05) is 12.2 Å². The zero-order valence-electron chi connectivity index (χ0n) is 19.1. The molecule has 0 radical (unpaired) electrons. The van der Waals surface area contributed by atoms with Crippen LogP contribution in [0.15, 0.2) is 134 Å². The molecule has 0 nitrogen and oxygen atoms in total. The molecule has 3 heteroatoms. The molecule has 0 atom stereocenters. The van der Waals surface area contributed by atoms with Gasteiger partial charge in [0.15, 0.2) is 0 Å². The molecule has 35 heavy (non-hydrogen) atoms. The van der Waals surface area contributed by atoms with Gasteiger partial charge in [-0.25, -0.2) is 0 Å². The van der Waals surface area contributed by atoms with Crippen LogP contribution in [-0.4, -0.2) is 0 Å². The van der Waals surface area contributed by atoms with Crippen molar-refractivity contribution >= 4 is 32.7 Å². The minimum atomic E-state index is 0. The number of benzene rings is 4. The number of hydrogen-bond acceptors (Lipinski definition) is 0. The van der Waals surface area contributed by atoms with Crippen LogP contribution in [0.4, 0.5) is 0 Å². The van der Waals surface area contributed by atoms with E-state index in [9.17, 15) is 0 Å². The van der Waals surface area contributed by atoms with Gasteiger partial charge < -0.3 is 24.8 Å². The minimum Gasteiger partial charge on any atom is -1.00 e. The molecule has 0 aliphatic heterocycles. The van der Waals surface area contributed by atoms with Crippen LogP contribution in [0.2, 0.25) is 0 Å². The van der Waals surface area contributed by atoms with Crippen molar-refractivity contribution in [1.82, 2.24) is 0 Å². The third-order valence-electron chi connectivity index (χ3n) is 5.65. The second-order valence-corrected chi connectivity index (χ2v) is 7.85. The summed E-state index contributed by atoms with van der Waals surface area (Å²) in [6, 6.07) is 29.5. The van der Waals surface area contributed by atoms with Crippen molar-refractivity contribution in [1.29, 1.82) is 0 Å². The minimum absolute atomic E-state index is 0. The summed E-state index contributed by atoms with van der Waals surface area (Å²) >= 11 is 0. The first kappa shape index (κ1) is 28.5. The summed E-state index contributed by atoms with van der Waals surface area (Å²) in [7, 11) is 0. The van der Waals surface area contributed by atoms with Crippen LogP contribution >= 0.6 is 0 Å². The molecule has 0 spiro atoms. The van der Waals surface area contributed by atoms with E-state index in [4.69, 9.17) is 0 Å². The van der Waals surface area contributed by atoms with E-state index in [1.54, 1.807) is 0 Å². The predicted molar refractivity (Wildman–Crippen MR) is 138 cm³/mol. The predicted octanol–water partition coefficient (Wildman–Crippen LogP) is 2.31. The first-order chi connectivity index (χ1) is 15.7. The van der Waals surface area contributed by atoms with Gasteiger partial charge in [-0.3, -0.25) is 0 Å². The van der Waals surface area contributed by atoms with Gasteiger partial charge in [-0.05, 0) is 21.5 Å². The first-order valence-electron chi connectivity index (χ1n) is 10.7. The molecule has 0 fully saturated rings. The van der Waals surface area contributed by atoms with Gasteiger partial charge in [0.1, 0.15) is 0 Å². The van der Waals surface area contributed by atoms with Crippen LogP contribution in [0.25, 0.3) is 32.7 Å².